The van der Waals surface area contributed by atoms with Gasteiger partial charge in [-0.2, -0.15) is 5.10 Å². The number of hydrogen-bond donors (Lipinski definition) is 1. The first-order valence-corrected chi connectivity index (χ1v) is 10.6. The van der Waals surface area contributed by atoms with E-state index in [2.05, 4.69) is 5.10 Å². The van der Waals surface area contributed by atoms with Crippen LogP contribution in [-0.4, -0.2) is 44.9 Å². The largest absolute Gasteiger partial charge is 0.498 e. The van der Waals surface area contributed by atoms with Gasteiger partial charge in [0.2, 0.25) is 5.91 Å². The molecule has 1 aliphatic rings. The Morgan fingerprint density at radius 3 is 2.48 bits per heavy atom. The van der Waals surface area contributed by atoms with E-state index in [4.69, 9.17) is 5.73 Å². The average Bonchev–Trinajstić information content (AvgIpc) is 3.16. The number of fused-ring (bicyclic) bond motifs is 1. The number of piperidine rings is 1. The molecule has 0 bridgehead atoms. The first-order chi connectivity index (χ1) is 14.6. The topological polar surface area (TPSA) is 101 Å². The second kappa shape index (κ2) is 7.50. The molecule has 2 unspecified atom stereocenters. The van der Waals surface area contributed by atoms with Crippen LogP contribution in [0.25, 0.3) is 22.0 Å². The third-order valence-corrected chi connectivity index (χ3v) is 6.67. The molecule has 0 saturated carbocycles. The number of nitrogens with two attached hydrogens (primary N) is 1. The molecule has 4 rings (SSSR count). The molecule has 2 atom stereocenters. The average molecular weight is 421 g/mol. The number of likely N-dealkylation sites (tertiary alicyclic amines) is 1. The normalized spacial score (nSPS) is 21.8. The van der Waals surface area contributed by atoms with Crippen molar-refractivity contribution in [2.45, 2.75) is 45.2 Å². The lowest BCUT2D eigenvalue weighted by Gasteiger charge is -2.51. The van der Waals surface area contributed by atoms with Gasteiger partial charge in [-0.15, -0.1) is 0 Å². The summed E-state index contributed by atoms with van der Waals surface area (Å²) in [5, 5.41) is 17.5. The lowest BCUT2D eigenvalue weighted by atomic mass is 9.93. The van der Waals surface area contributed by atoms with Gasteiger partial charge in [-0.3, -0.25) is 14.0 Å². The van der Waals surface area contributed by atoms with Gasteiger partial charge in [-0.1, -0.05) is 30.3 Å². The Hall–Kier alpha value is -3.19. The quantitative estimate of drug-likeness (QED) is 0.658. The molecule has 31 heavy (non-hydrogen) atoms. The molecular weight excluding hydrogens is 392 g/mol. The van der Waals surface area contributed by atoms with Crippen LogP contribution in [-0.2, 0) is 0 Å². The third-order valence-electron chi connectivity index (χ3n) is 6.67. The number of rotatable bonds is 3. The Kier molecular flexibility index (Phi) is 5.09. The Balaban J connectivity index is 1.86. The number of aromatic nitrogens is 2. The van der Waals surface area contributed by atoms with E-state index in [0.29, 0.717) is 24.0 Å². The van der Waals surface area contributed by atoms with E-state index in [9.17, 15) is 14.7 Å². The number of primary amides is 1. The Bertz CT molecular complexity index is 1150. The molecule has 1 saturated heterocycles. The van der Waals surface area contributed by atoms with Crippen molar-refractivity contribution in [2.75, 3.05) is 13.1 Å². The van der Waals surface area contributed by atoms with E-state index in [0.717, 1.165) is 29.5 Å². The standard InChI is InChI=1S/C24H28N4O3/c1-24(2,3)28(23(30)31)11-7-10-18(15-28)27-21-13-17(16-8-5-4-6-9-16)12-19(22(25)29)20(21)14-26-27/h4-6,8-9,12-14,18H,7,10-11,15H2,1-3H3,(H2-,25,29,30,31). The lowest BCUT2D eigenvalue weighted by Crippen LogP contribution is -2.70. The van der Waals surface area contributed by atoms with Crippen molar-refractivity contribution in [2.24, 2.45) is 5.73 Å². The smallest absolute Gasteiger partial charge is 0.257 e. The summed E-state index contributed by atoms with van der Waals surface area (Å²) in [5.41, 5.74) is 8.22. The Labute approximate surface area is 181 Å². The van der Waals surface area contributed by atoms with Gasteiger partial charge in [0.1, 0.15) is 12.6 Å². The van der Waals surface area contributed by atoms with E-state index in [-0.39, 0.29) is 10.5 Å². The molecule has 0 spiro atoms. The molecular formula is C24H28N4O3. The van der Waals surface area contributed by atoms with Gasteiger partial charge >= 0.3 is 0 Å². The van der Waals surface area contributed by atoms with Crippen LogP contribution in [0.15, 0.2) is 48.7 Å². The van der Waals surface area contributed by atoms with Gasteiger partial charge in [0.15, 0.2) is 0 Å². The van der Waals surface area contributed by atoms with Crippen LogP contribution in [0.5, 0.6) is 0 Å². The molecule has 0 radical (unpaired) electrons. The second-order valence-corrected chi connectivity index (χ2v) is 9.38. The SMILES string of the molecule is CC(C)(C)[N+]1(C(=O)[O-])CCCC(n2ncc3c(C(N)=O)cc(-c4ccccc4)cc32)C1. The molecule has 7 nitrogen and oxygen atoms in total. The fourth-order valence-electron chi connectivity index (χ4n) is 4.83. The molecule has 3 aromatic rings. The molecule has 2 N–H and O–H groups in total. The molecule has 1 fully saturated rings. The summed E-state index contributed by atoms with van der Waals surface area (Å²) in [6, 6.07) is 13.4. The number of carbonyl (C=O) groups excluding carboxylic acids is 2. The summed E-state index contributed by atoms with van der Waals surface area (Å²) in [6.07, 6.45) is 2.15. The van der Waals surface area contributed by atoms with Crippen LogP contribution in [0.2, 0.25) is 0 Å². The molecule has 2 amide bonds. The highest BCUT2D eigenvalue weighted by Crippen LogP contribution is 2.37. The number of carboxylic acid groups (broad SMARTS) is 1. The highest BCUT2D eigenvalue weighted by Gasteiger charge is 2.47. The highest BCUT2D eigenvalue weighted by atomic mass is 16.4. The number of carbonyl (C=O) groups is 2. The zero-order valence-electron chi connectivity index (χ0n) is 18.2. The minimum atomic E-state index is -1.06. The molecule has 0 aliphatic carbocycles. The predicted molar refractivity (Wildman–Crippen MR) is 117 cm³/mol. The fourth-order valence-corrected chi connectivity index (χ4v) is 4.83. The van der Waals surface area contributed by atoms with E-state index < -0.39 is 17.5 Å². The molecule has 1 aliphatic heterocycles. The number of amides is 2. The van der Waals surface area contributed by atoms with Crippen molar-refractivity contribution in [3.05, 3.63) is 54.2 Å². The van der Waals surface area contributed by atoms with Gasteiger partial charge in [0.05, 0.1) is 29.4 Å². The van der Waals surface area contributed by atoms with Gasteiger partial charge in [-0.25, -0.2) is 0 Å². The molecule has 1 aromatic heterocycles. The monoisotopic (exact) mass is 420 g/mol. The van der Waals surface area contributed by atoms with Gasteiger partial charge in [0, 0.05) is 5.39 Å². The van der Waals surface area contributed by atoms with Crippen molar-refractivity contribution in [3.8, 4) is 11.1 Å². The van der Waals surface area contributed by atoms with Crippen molar-refractivity contribution in [3.63, 3.8) is 0 Å². The van der Waals surface area contributed by atoms with E-state index in [1.165, 1.54) is 0 Å². The lowest BCUT2D eigenvalue weighted by molar-refractivity contribution is -0.926. The van der Waals surface area contributed by atoms with E-state index in [1.54, 1.807) is 12.3 Å². The Morgan fingerprint density at radius 1 is 1.16 bits per heavy atom. The molecule has 2 aromatic carbocycles. The van der Waals surface area contributed by atoms with Crippen LogP contribution in [0, 0.1) is 0 Å². The van der Waals surface area contributed by atoms with Gasteiger partial charge in [0.25, 0.3) is 6.09 Å². The van der Waals surface area contributed by atoms with Crippen molar-refractivity contribution < 1.29 is 19.2 Å². The first-order valence-electron chi connectivity index (χ1n) is 10.6. The minimum absolute atomic E-state index is 0.125. The number of hydrogen-bond acceptors (Lipinski definition) is 4. The van der Waals surface area contributed by atoms with Crippen molar-refractivity contribution in [1.29, 1.82) is 0 Å². The van der Waals surface area contributed by atoms with Crippen molar-refractivity contribution >= 4 is 22.9 Å². The zero-order chi connectivity index (χ0) is 22.4. The Morgan fingerprint density at radius 2 is 1.87 bits per heavy atom. The zero-order valence-corrected chi connectivity index (χ0v) is 18.2. The van der Waals surface area contributed by atoms with Crippen LogP contribution in [0.1, 0.15) is 50.0 Å². The highest BCUT2D eigenvalue weighted by molar-refractivity contribution is 6.07. The number of quaternary nitrogens is 1. The summed E-state index contributed by atoms with van der Waals surface area (Å²) in [4.78, 5) is 24.5. The van der Waals surface area contributed by atoms with Gasteiger partial charge in [-0.05, 0) is 56.9 Å². The third kappa shape index (κ3) is 3.49. The number of benzene rings is 2. The van der Waals surface area contributed by atoms with E-state index in [1.807, 2.05) is 61.9 Å². The predicted octanol–water partition coefficient (Wildman–Crippen LogP) is 3.10. The summed E-state index contributed by atoms with van der Waals surface area (Å²) < 4.78 is 1.75. The van der Waals surface area contributed by atoms with Crippen LogP contribution in [0.3, 0.4) is 0 Å². The number of nitrogens with zero attached hydrogens (tertiary/aromatic N) is 3. The second-order valence-electron chi connectivity index (χ2n) is 9.38. The fraction of sp³-hybridized carbons (Fsp3) is 0.375. The summed E-state index contributed by atoms with van der Waals surface area (Å²) in [7, 11) is 0. The van der Waals surface area contributed by atoms with E-state index >= 15 is 0 Å². The summed E-state index contributed by atoms with van der Waals surface area (Å²) >= 11 is 0. The molecule has 7 heteroatoms. The van der Waals surface area contributed by atoms with Crippen LogP contribution in [0.4, 0.5) is 4.79 Å². The summed E-state index contributed by atoms with van der Waals surface area (Å²) in [6.45, 7) is 6.72. The first kappa shape index (κ1) is 21.1. The maximum absolute atomic E-state index is 12.3. The molecule has 2 heterocycles. The molecule has 162 valence electrons. The van der Waals surface area contributed by atoms with Crippen LogP contribution < -0.4 is 10.8 Å². The summed E-state index contributed by atoms with van der Waals surface area (Å²) in [5.74, 6) is -0.513. The van der Waals surface area contributed by atoms with Gasteiger partial charge < -0.3 is 15.6 Å². The van der Waals surface area contributed by atoms with Crippen LogP contribution >= 0.6 is 0 Å². The minimum Gasteiger partial charge on any atom is -0.498 e. The maximum atomic E-state index is 12.3. The maximum Gasteiger partial charge on any atom is 0.257 e. The van der Waals surface area contributed by atoms with Crippen molar-refractivity contribution in [1.82, 2.24) is 9.78 Å².